The van der Waals surface area contributed by atoms with Crippen molar-refractivity contribution in [2.75, 3.05) is 32.8 Å². The van der Waals surface area contributed by atoms with Crippen molar-refractivity contribution in [2.24, 2.45) is 5.92 Å². The number of carbonyl (C=O) groups is 2. The Morgan fingerprint density at radius 3 is 2.25 bits per heavy atom. The molecule has 0 unspecified atom stereocenters. The molecule has 2 amide bonds. The molecule has 1 aliphatic carbocycles. The first kappa shape index (κ1) is 16.8. The average Bonchev–Trinajstić information content (AvgIpc) is 3.42. The normalized spacial score (nSPS) is 17.8. The third-order valence-electron chi connectivity index (χ3n) is 4.86. The molecule has 130 valence electrons. The lowest BCUT2D eigenvalue weighted by molar-refractivity contribution is -0.134. The van der Waals surface area contributed by atoms with Gasteiger partial charge in [-0.1, -0.05) is 0 Å². The molecule has 5 nitrogen and oxygen atoms in total. The van der Waals surface area contributed by atoms with E-state index in [1.807, 2.05) is 42.7 Å². The number of hydrogen-bond acceptors (Lipinski definition) is 3. The third kappa shape index (κ3) is 3.40. The predicted octanol–water partition coefficient (Wildman–Crippen LogP) is 2.40. The Hall–Kier alpha value is -2.04. The maximum Gasteiger partial charge on any atom is 0.254 e. The summed E-state index contributed by atoms with van der Waals surface area (Å²) in [6.45, 7) is 9.01. The third-order valence-corrected chi connectivity index (χ3v) is 4.86. The smallest absolute Gasteiger partial charge is 0.254 e. The van der Waals surface area contributed by atoms with E-state index in [2.05, 4.69) is 0 Å². The molecular formula is C19H26N2O3. The van der Waals surface area contributed by atoms with Gasteiger partial charge in [0.05, 0.1) is 6.61 Å². The molecule has 0 bridgehead atoms. The first-order valence-electron chi connectivity index (χ1n) is 8.83. The summed E-state index contributed by atoms with van der Waals surface area (Å²) >= 11 is 0. The lowest BCUT2D eigenvalue weighted by Gasteiger charge is -2.35. The molecule has 2 aliphatic rings. The second-order valence-corrected chi connectivity index (χ2v) is 6.76. The highest BCUT2D eigenvalue weighted by molar-refractivity contribution is 5.96. The molecule has 1 saturated carbocycles. The predicted molar refractivity (Wildman–Crippen MR) is 92.3 cm³/mol. The monoisotopic (exact) mass is 330 g/mol. The Labute approximate surface area is 143 Å². The van der Waals surface area contributed by atoms with Crippen LogP contribution in [-0.4, -0.2) is 54.4 Å². The Bertz CT molecular complexity index is 644. The molecule has 3 rings (SSSR count). The summed E-state index contributed by atoms with van der Waals surface area (Å²) in [6, 6.07) is 3.86. The number of ether oxygens (including phenoxy) is 1. The van der Waals surface area contributed by atoms with Crippen LogP contribution in [0, 0.1) is 19.8 Å². The number of benzene rings is 1. The zero-order valence-corrected chi connectivity index (χ0v) is 14.8. The highest BCUT2D eigenvalue weighted by Crippen LogP contribution is 2.31. The van der Waals surface area contributed by atoms with E-state index < -0.39 is 0 Å². The second-order valence-electron chi connectivity index (χ2n) is 6.76. The van der Waals surface area contributed by atoms with E-state index in [9.17, 15) is 9.59 Å². The number of amides is 2. The zero-order valence-electron chi connectivity index (χ0n) is 14.8. The van der Waals surface area contributed by atoms with Gasteiger partial charge in [-0.05, 0) is 56.9 Å². The van der Waals surface area contributed by atoms with Crippen LogP contribution < -0.4 is 4.74 Å². The topological polar surface area (TPSA) is 49.9 Å². The van der Waals surface area contributed by atoms with Gasteiger partial charge >= 0.3 is 0 Å². The fourth-order valence-corrected chi connectivity index (χ4v) is 3.22. The van der Waals surface area contributed by atoms with Gasteiger partial charge in [-0.15, -0.1) is 0 Å². The molecule has 0 spiro atoms. The van der Waals surface area contributed by atoms with Crippen molar-refractivity contribution < 1.29 is 14.3 Å². The molecular weight excluding hydrogens is 304 g/mol. The molecule has 1 aromatic carbocycles. The van der Waals surface area contributed by atoms with E-state index in [1.54, 1.807) is 0 Å². The van der Waals surface area contributed by atoms with Crippen LogP contribution in [0.25, 0.3) is 0 Å². The number of rotatable bonds is 4. The van der Waals surface area contributed by atoms with Gasteiger partial charge in [-0.3, -0.25) is 9.59 Å². The van der Waals surface area contributed by atoms with Crippen LogP contribution in [0.1, 0.15) is 41.3 Å². The van der Waals surface area contributed by atoms with Gasteiger partial charge in [0.1, 0.15) is 5.75 Å². The summed E-state index contributed by atoms with van der Waals surface area (Å²) in [5.41, 5.74) is 2.65. The standard InChI is InChI=1S/C19H26N2O3/c1-4-24-17-12-13(2)16(11-14(17)3)19(23)21-9-7-20(8-10-21)18(22)15-5-6-15/h11-12,15H,4-10H2,1-3H3. The lowest BCUT2D eigenvalue weighted by Crippen LogP contribution is -2.51. The summed E-state index contributed by atoms with van der Waals surface area (Å²) in [5.74, 6) is 1.42. The minimum Gasteiger partial charge on any atom is -0.494 e. The summed E-state index contributed by atoms with van der Waals surface area (Å²) in [4.78, 5) is 28.7. The molecule has 1 aliphatic heterocycles. The second kappa shape index (κ2) is 6.83. The Morgan fingerprint density at radius 1 is 1.04 bits per heavy atom. The molecule has 1 saturated heterocycles. The van der Waals surface area contributed by atoms with Gasteiger partial charge in [0.15, 0.2) is 0 Å². The van der Waals surface area contributed by atoms with Crippen molar-refractivity contribution in [1.82, 2.24) is 9.80 Å². The molecule has 0 atom stereocenters. The van der Waals surface area contributed by atoms with Crippen LogP contribution in [-0.2, 0) is 4.79 Å². The molecule has 24 heavy (non-hydrogen) atoms. The van der Waals surface area contributed by atoms with Crippen molar-refractivity contribution in [2.45, 2.75) is 33.6 Å². The molecule has 1 heterocycles. The van der Waals surface area contributed by atoms with Crippen LogP contribution in [0.5, 0.6) is 5.75 Å². The summed E-state index contributed by atoms with van der Waals surface area (Å²) in [6.07, 6.45) is 2.06. The van der Waals surface area contributed by atoms with Gasteiger partial charge in [0.2, 0.25) is 5.91 Å². The summed E-state index contributed by atoms with van der Waals surface area (Å²) in [7, 11) is 0. The molecule has 1 aromatic rings. The molecule has 0 radical (unpaired) electrons. The molecule has 0 aromatic heterocycles. The van der Waals surface area contributed by atoms with Crippen LogP contribution in [0.2, 0.25) is 0 Å². The first-order chi connectivity index (χ1) is 11.5. The van der Waals surface area contributed by atoms with E-state index in [-0.39, 0.29) is 17.7 Å². The Balaban J connectivity index is 1.66. The van der Waals surface area contributed by atoms with Crippen LogP contribution in [0.3, 0.4) is 0 Å². The average molecular weight is 330 g/mol. The number of nitrogens with zero attached hydrogens (tertiary/aromatic N) is 2. The van der Waals surface area contributed by atoms with Crippen LogP contribution in [0.15, 0.2) is 12.1 Å². The lowest BCUT2D eigenvalue weighted by atomic mass is 10.0. The van der Waals surface area contributed by atoms with Crippen molar-refractivity contribution in [3.63, 3.8) is 0 Å². The number of aryl methyl sites for hydroxylation is 2. The molecule has 2 fully saturated rings. The molecule has 5 heteroatoms. The maximum atomic E-state index is 12.8. The summed E-state index contributed by atoms with van der Waals surface area (Å²) < 4.78 is 5.60. The zero-order chi connectivity index (χ0) is 17.3. The van der Waals surface area contributed by atoms with Gasteiger partial charge in [0.25, 0.3) is 5.91 Å². The number of hydrogen-bond donors (Lipinski definition) is 0. The van der Waals surface area contributed by atoms with Crippen molar-refractivity contribution in [3.05, 3.63) is 28.8 Å². The number of piperazine rings is 1. The van der Waals surface area contributed by atoms with Crippen LogP contribution >= 0.6 is 0 Å². The first-order valence-corrected chi connectivity index (χ1v) is 8.83. The quantitative estimate of drug-likeness (QED) is 0.852. The van der Waals surface area contributed by atoms with Crippen molar-refractivity contribution in [1.29, 1.82) is 0 Å². The fourth-order valence-electron chi connectivity index (χ4n) is 3.22. The minimum atomic E-state index is 0.0529. The SMILES string of the molecule is CCOc1cc(C)c(C(=O)N2CCN(C(=O)C3CC3)CC2)cc1C. The largest absolute Gasteiger partial charge is 0.494 e. The van der Waals surface area contributed by atoms with E-state index >= 15 is 0 Å². The van der Waals surface area contributed by atoms with Gasteiger partial charge in [0, 0.05) is 37.7 Å². The highest BCUT2D eigenvalue weighted by atomic mass is 16.5. The highest BCUT2D eigenvalue weighted by Gasteiger charge is 2.35. The van der Waals surface area contributed by atoms with E-state index in [0.717, 1.165) is 35.3 Å². The van der Waals surface area contributed by atoms with Gasteiger partial charge in [-0.25, -0.2) is 0 Å². The fraction of sp³-hybridized carbons (Fsp3) is 0.579. The van der Waals surface area contributed by atoms with Gasteiger partial charge in [-0.2, -0.15) is 0 Å². The number of carbonyl (C=O) groups excluding carboxylic acids is 2. The van der Waals surface area contributed by atoms with Crippen molar-refractivity contribution >= 4 is 11.8 Å². The van der Waals surface area contributed by atoms with Gasteiger partial charge < -0.3 is 14.5 Å². The van der Waals surface area contributed by atoms with E-state index in [4.69, 9.17) is 4.74 Å². The molecule has 0 N–H and O–H groups in total. The van der Waals surface area contributed by atoms with Crippen LogP contribution in [0.4, 0.5) is 0 Å². The Kier molecular flexibility index (Phi) is 4.78. The summed E-state index contributed by atoms with van der Waals surface area (Å²) in [5, 5.41) is 0. The minimum absolute atomic E-state index is 0.0529. The van der Waals surface area contributed by atoms with E-state index in [0.29, 0.717) is 32.8 Å². The van der Waals surface area contributed by atoms with Crippen molar-refractivity contribution in [3.8, 4) is 5.75 Å². The van der Waals surface area contributed by atoms with E-state index in [1.165, 1.54) is 0 Å². The Morgan fingerprint density at radius 2 is 1.67 bits per heavy atom. The maximum absolute atomic E-state index is 12.8.